The van der Waals surface area contributed by atoms with E-state index in [9.17, 15) is 4.79 Å². The molecule has 3 atom stereocenters. The molecule has 0 amide bonds. The van der Waals surface area contributed by atoms with Crippen LogP contribution in [0.3, 0.4) is 0 Å². The van der Waals surface area contributed by atoms with E-state index in [1.54, 1.807) is 0 Å². The molecule has 2 N–H and O–H groups in total. The molecular weight excluding hydrogens is 244 g/mol. The zero-order chi connectivity index (χ0) is 13.9. The number of carbonyl (C=O) groups excluding carboxylic acids is 1. The molecule has 5 nitrogen and oxygen atoms in total. The molecule has 0 spiro atoms. The average molecular weight is 270 g/mol. The van der Waals surface area contributed by atoms with Gasteiger partial charge in [-0.25, -0.2) is 0 Å². The second kappa shape index (κ2) is 6.20. The number of esters is 1. The molecule has 2 rings (SSSR count). The molecule has 2 fully saturated rings. The number of hydrogen-bond acceptors (Lipinski definition) is 5. The number of rotatable bonds is 2. The van der Waals surface area contributed by atoms with Crippen LogP contribution in [0.25, 0.3) is 0 Å². The lowest BCUT2D eigenvalue weighted by Gasteiger charge is -2.41. The Hall–Kier alpha value is -0.650. The summed E-state index contributed by atoms with van der Waals surface area (Å²) in [7, 11) is 1.42. The molecule has 5 heteroatoms. The minimum Gasteiger partial charge on any atom is -0.468 e. The third kappa shape index (κ3) is 3.46. The van der Waals surface area contributed by atoms with E-state index in [4.69, 9.17) is 15.2 Å². The average Bonchev–Trinajstić information content (AvgIpc) is 2.62. The van der Waals surface area contributed by atoms with Gasteiger partial charge in [-0.15, -0.1) is 0 Å². The van der Waals surface area contributed by atoms with Gasteiger partial charge in [-0.2, -0.15) is 0 Å². The molecule has 1 saturated heterocycles. The fourth-order valence-electron chi connectivity index (χ4n) is 3.34. The van der Waals surface area contributed by atoms with Crippen molar-refractivity contribution in [3.63, 3.8) is 0 Å². The summed E-state index contributed by atoms with van der Waals surface area (Å²) < 4.78 is 10.5. The Morgan fingerprint density at radius 1 is 1.47 bits per heavy atom. The van der Waals surface area contributed by atoms with E-state index in [2.05, 4.69) is 11.8 Å². The number of ether oxygens (including phenoxy) is 2. The first-order valence-electron chi connectivity index (χ1n) is 7.28. The smallest absolute Gasteiger partial charge is 0.325 e. The van der Waals surface area contributed by atoms with Gasteiger partial charge in [-0.1, -0.05) is 0 Å². The van der Waals surface area contributed by atoms with E-state index in [0.29, 0.717) is 12.5 Å². The zero-order valence-corrected chi connectivity index (χ0v) is 12.1. The van der Waals surface area contributed by atoms with Crippen molar-refractivity contribution >= 4 is 5.97 Å². The molecule has 2 aliphatic rings. The summed E-state index contributed by atoms with van der Waals surface area (Å²) in [5.74, 6) is -0.267. The van der Waals surface area contributed by atoms with Gasteiger partial charge in [0.1, 0.15) is 5.54 Å². The molecule has 19 heavy (non-hydrogen) atoms. The summed E-state index contributed by atoms with van der Waals surface area (Å²) in [5.41, 5.74) is 5.45. The summed E-state index contributed by atoms with van der Waals surface area (Å²) in [6.07, 6.45) is 4.85. The molecule has 1 aliphatic carbocycles. The summed E-state index contributed by atoms with van der Waals surface area (Å²) in [6, 6.07) is 0.377. The predicted molar refractivity (Wildman–Crippen MR) is 72.8 cm³/mol. The van der Waals surface area contributed by atoms with Gasteiger partial charge in [0, 0.05) is 25.7 Å². The highest BCUT2D eigenvalue weighted by Crippen LogP contribution is 2.31. The topological polar surface area (TPSA) is 64.8 Å². The first-order valence-corrected chi connectivity index (χ1v) is 7.28. The maximum atomic E-state index is 11.9. The van der Waals surface area contributed by atoms with Crippen molar-refractivity contribution < 1.29 is 14.3 Å². The number of carbonyl (C=O) groups is 1. The standard InChI is InChI=1S/C14H26N2O3/c1-11-10-16(7-4-8-19-11)12-5-3-6-14(15,9-12)13(17)18-2/h11-12H,3-10,15H2,1-2H3. The molecule has 0 aromatic heterocycles. The Kier molecular flexibility index (Phi) is 4.81. The van der Waals surface area contributed by atoms with Gasteiger partial charge in [-0.3, -0.25) is 9.69 Å². The molecule has 0 aromatic carbocycles. The van der Waals surface area contributed by atoms with Gasteiger partial charge in [-0.05, 0) is 39.0 Å². The summed E-state index contributed by atoms with van der Waals surface area (Å²) >= 11 is 0. The summed E-state index contributed by atoms with van der Waals surface area (Å²) in [6.45, 7) is 4.90. The van der Waals surface area contributed by atoms with Crippen LogP contribution in [0.2, 0.25) is 0 Å². The molecule has 1 aliphatic heterocycles. The SMILES string of the molecule is COC(=O)C1(N)CCCC(N2CCCOC(C)C2)C1. The van der Waals surface area contributed by atoms with E-state index in [1.165, 1.54) is 7.11 Å². The van der Waals surface area contributed by atoms with Gasteiger partial charge in [0.25, 0.3) is 0 Å². The van der Waals surface area contributed by atoms with E-state index >= 15 is 0 Å². The fraction of sp³-hybridized carbons (Fsp3) is 0.929. The van der Waals surface area contributed by atoms with Crippen molar-refractivity contribution in [2.24, 2.45) is 5.73 Å². The van der Waals surface area contributed by atoms with Crippen molar-refractivity contribution in [1.82, 2.24) is 4.90 Å². The first-order chi connectivity index (χ1) is 9.05. The van der Waals surface area contributed by atoms with Crippen molar-refractivity contribution in [1.29, 1.82) is 0 Å². The summed E-state index contributed by atoms with van der Waals surface area (Å²) in [5, 5.41) is 0. The number of nitrogens with zero attached hydrogens (tertiary/aromatic N) is 1. The van der Waals surface area contributed by atoms with Crippen LogP contribution >= 0.6 is 0 Å². The highest BCUT2D eigenvalue weighted by atomic mass is 16.5. The van der Waals surface area contributed by atoms with Crippen LogP contribution in [0.1, 0.15) is 39.0 Å². The van der Waals surface area contributed by atoms with Gasteiger partial charge in [0.15, 0.2) is 0 Å². The lowest BCUT2D eigenvalue weighted by Crippen LogP contribution is -2.56. The van der Waals surface area contributed by atoms with Crippen LogP contribution in [-0.4, -0.2) is 55.4 Å². The predicted octanol–water partition coefficient (Wildman–Crippen LogP) is 0.910. The number of hydrogen-bond donors (Lipinski definition) is 1. The number of nitrogens with two attached hydrogens (primary N) is 1. The Balaban J connectivity index is 2.01. The Labute approximate surface area is 115 Å². The van der Waals surface area contributed by atoms with Crippen molar-refractivity contribution in [2.45, 2.75) is 56.7 Å². The van der Waals surface area contributed by atoms with Gasteiger partial charge in [0.2, 0.25) is 0 Å². The molecular formula is C14H26N2O3. The van der Waals surface area contributed by atoms with Crippen molar-refractivity contribution in [2.75, 3.05) is 26.8 Å². The van der Waals surface area contributed by atoms with Crippen LogP contribution in [0, 0.1) is 0 Å². The van der Waals surface area contributed by atoms with E-state index in [0.717, 1.165) is 45.4 Å². The van der Waals surface area contributed by atoms with Crippen molar-refractivity contribution in [3.05, 3.63) is 0 Å². The minimum absolute atomic E-state index is 0.259. The maximum absolute atomic E-state index is 11.9. The van der Waals surface area contributed by atoms with E-state index < -0.39 is 5.54 Å². The van der Waals surface area contributed by atoms with Crippen LogP contribution in [0.4, 0.5) is 0 Å². The lowest BCUT2D eigenvalue weighted by molar-refractivity contribution is -0.149. The number of methoxy groups -OCH3 is 1. The van der Waals surface area contributed by atoms with Gasteiger partial charge >= 0.3 is 5.97 Å². The maximum Gasteiger partial charge on any atom is 0.325 e. The quantitative estimate of drug-likeness (QED) is 0.756. The van der Waals surface area contributed by atoms with E-state index in [-0.39, 0.29) is 12.1 Å². The van der Waals surface area contributed by atoms with Crippen LogP contribution in [-0.2, 0) is 14.3 Å². The normalized spacial score (nSPS) is 37.6. The highest BCUT2D eigenvalue weighted by molar-refractivity contribution is 5.80. The largest absolute Gasteiger partial charge is 0.468 e. The molecule has 3 unspecified atom stereocenters. The van der Waals surface area contributed by atoms with Crippen LogP contribution in [0.5, 0.6) is 0 Å². The monoisotopic (exact) mass is 270 g/mol. The van der Waals surface area contributed by atoms with E-state index in [1.807, 2.05) is 0 Å². The van der Waals surface area contributed by atoms with Gasteiger partial charge < -0.3 is 15.2 Å². The second-order valence-corrected chi connectivity index (χ2v) is 5.93. The highest BCUT2D eigenvalue weighted by Gasteiger charge is 2.42. The molecule has 0 aromatic rings. The third-order valence-electron chi connectivity index (χ3n) is 4.35. The Bertz CT molecular complexity index is 324. The lowest BCUT2D eigenvalue weighted by atomic mass is 9.79. The minimum atomic E-state index is -0.798. The molecule has 0 radical (unpaired) electrons. The Morgan fingerprint density at radius 2 is 2.26 bits per heavy atom. The van der Waals surface area contributed by atoms with Crippen molar-refractivity contribution in [3.8, 4) is 0 Å². The zero-order valence-electron chi connectivity index (χ0n) is 12.1. The third-order valence-corrected chi connectivity index (χ3v) is 4.35. The molecule has 110 valence electrons. The first kappa shape index (κ1) is 14.8. The van der Waals surface area contributed by atoms with Crippen LogP contribution < -0.4 is 5.73 Å². The Morgan fingerprint density at radius 3 is 3.00 bits per heavy atom. The van der Waals surface area contributed by atoms with Crippen LogP contribution in [0.15, 0.2) is 0 Å². The molecule has 0 bridgehead atoms. The summed E-state index contributed by atoms with van der Waals surface area (Å²) in [4.78, 5) is 14.3. The fourth-order valence-corrected chi connectivity index (χ4v) is 3.34. The van der Waals surface area contributed by atoms with Gasteiger partial charge in [0.05, 0.1) is 13.2 Å². The second-order valence-electron chi connectivity index (χ2n) is 5.93. The molecule has 1 saturated carbocycles. The molecule has 1 heterocycles.